The Morgan fingerprint density at radius 2 is 0.889 bits per heavy atom. The first-order valence-corrected chi connectivity index (χ1v) is 27.0. The number of carbonyl (C=O) groups excluding carboxylic acids is 5. The van der Waals surface area contributed by atoms with Crippen LogP contribution in [0.5, 0.6) is 0 Å². The molecule has 0 unspecified atom stereocenters. The van der Waals surface area contributed by atoms with Crippen LogP contribution in [0.1, 0.15) is 167 Å². The van der Waals surface area contributed by atoms with Crippen molar-refractivity contribution < 1.29 is 72.6 Å². The molecule has 9 N–H and O–H groups in total. The summed E-state index contributed by atoms with van der Waals surface area (Å²) >= 11 is 3.78. The number of nitrogens with one attached hydrogen (secondary N) is 6. The Bertz CT molecular complexity index is 1510. The Morgan fingerprint density at radius 1 is 0.444 bits per heavy atom. The summed E-state index contributed by atoms with van der Waals surface area (Å²) in [4.78, 5) is 94.9. The van der Waals surface area contributed by atoms with E-state index in [1.165, 1.54) is 57.8 Å². The van der Waals surface area contributed by atoms with E-state index in [1.54, 1.807) is 0 Å². The topological polar surface area (TPSA) is 306 Å². The number of rotatable bonds is 49. The number of carbonyl (C=O) groups is 8. The van der Waals surface area contributed by atoms with Crippen molar-refractivity contribution in [2.24, 2.45) is 11.8 Å². The number of hydrogen-bond donors (Lipinski definition) is 10. The molecule has 0 heterocycles. The van der Waals surface area contributed by atoms with Crippen molar-refractivity contribution in [3.05, 3.63) is 0 Å². The Hall–Kier alpha value is -4.09. The summed E-state index contributed by atoms with van der Waals surface area (Å²) in [6, 6.07) is -1.93. The Balaban J connectivity index is 1.98. The van der Waals surface area contributed by atoms with Gasteiger partial charge in [-0.15, -0.1) is 0 Å². The third-order valence-electron chi connectivity index (χ3n) is 12.4. The van der Waals surface area contributed by atoms with Crippen LogP contribution in [0.25, 0.3) is 0 Å². The smallest absolute Gasteiger partial charge is 0.326 e. The molecule has 0 bridgehead atoms. The Morgan fingerprint density at radius 3 is 1.38 bits per heavy atom. The van der Waals surface area contributed by atoms with Gasteiger partial charge in [0.1, 0.15) is 25.3 Å². The fourth-order valence-electron chi connectivity index (χ4n) is 8.09. The van der Waals surface area contributed by atoms with E-state index in [0.717, 1.165) is 51.4 Å². The summed E-state index contributed by atoms with van der Waals surface area (Å²) in [5, 5.41) is 41.0. The first-order valence-electron chi connectivity index (χ1n) is 26.6. The molecule has 72 heavy (non-hydrogen) atoms. The number of thiol groups is 1. The van der Waals surface area contributed by atoms with E-state index in [2.05, 4.69) is 44.1 Å². The van der Waals surface area contributed by atoms with E-state index in [4.69, 9.17) is 29.2 Å². The van der Waals surface area contributed by atoms with Gasteiger partial charge in [-0.05, 0) is 70.1 Å². The van der Waals surface area contributed by atoms with Gasteiger partial charge in [0, 0.05) is 51.4 Å². The van der Waals surface area contributed by atoms with Gasteiger partial charge in [0.15, 0.2) is 0 Å². The summed E-state index contributed by atoms with van der Waals surface area (Å²) in [6.45, 7) is 2.26. The highest BCUT2D eigenvalue weighted by Crippen LogP contribution is 2.29. The Kier molecular flexibility index (Phi) is 41.7. The van der Waals surface area contributed by atoms with Crippen LogP contribution in [0.2, 0.25) is 0 Å². The molecule has 1 fully saturated rings. The monoisotopic (exact) mass is 1050 g/mol. The third-order valence-corrected chi connectivity index (χ3v) is 12.7. The fourth-order valence-corrected chi connectivity index (χ4v) is 8.33. The van der Waals surface area contributed by atoms with Crippen molar-refractivity contribution in [3.63, 3.8) is 0 Å². The number of aliphatic carboxylic acids is 3. The van der Waals surface area contributed by atoms with Crippen molar-refractivity contribution >= 4 is 60.3 Å². The highest BCUT2D eigenvalue weighted by Gasteiger charge is 2.30. The predicted octanol–water partition coefficient (Wildman–Crippen LogP) is 4.45. The lowest BCUT2D eigenvalue weighted by Crippen LogP contribution is -2.45. The second-order valence-electron chi connectivity index (χ2n) is 18.6. The van der Waals surface area contributed by atoms with E-state index in [1.807, 2.05) is 0 Å². The van der Waals surface area contributed by atoms with Gasteiger partial charge in [-0.25, -0.2) is 4.79 Å². The minimum atomic E-state index is -1.21. The molecule has 1 saturated carbocycles. The van der Waals surface area contributed by atoms with Crippen LogP contribution in [0.15, 0.2) is 0 Å². The number of hydrogen-bond acceptors (Lipinski definition) is 14. The number of ether oxygens (including phenoxy) is 4. The summed E-state index contributed by atoms with van der Waals surface area (Å²) in [7, 11) is 0. The van der Waals surface area contributed by atoms with Crippen molar-refractivity contribution in [1.29, 1.82) is 0 Å². The molecule has 0 aromatic heterocycles. The molecule has 22 heteroatoms. The SMILES string of the molecule is O=C(O)CCCCCCCCCCCCCCCCCC(=O)NC[C@H]1CC[C@H](C(=O)N[C@@H](CCC(=O)NCCOCCOCC(=O)NCCOCCOCC(=O)NCCCC[C@H](NS)C(=O)O)C(=O)O)CC1. The minimum absolute atomic E-state index is 0.0625. The molecular weight excluding hydrogens is 957 g/mol. The average molecular weight is 1050 g/mol. The maximum atomic E-state index is 13.0. The van der Waals surface area contributed by atoms with Crippen LogP contribution < -0.4 is 31.3 Å². The molecule has 0 aliphatic heterocycles. The zero-order valence-electron chi connectivity index (χ0n) is 42.9. The highest BCUT2D eigenvalue weighted by molar-refractivity contribution is 7.78. The second-order valence-corrected chi connectivity index (χ2v) is 18.8. The molecule has 416 valence electrons. The lowest BCUT2D eigenvalue weighted by molar-refractivity contribution is -0.143. The van der Waals surface area contributed by atoms with Crippen LogP contribution in [-0.4, -0.2) is 154 Å². The molecule has 0 radical (unpaired) electrons. The van der Waals surface area contributed by atoms with Crippen LogP contribution >= 0.6 is 12.8 Å². The first-order chi connectivity index (χ1) is 34.8. The quantitative estimate of drug-likeness (QED) is 0.0297. The molecule has 1 aliphatic carbocycles. The third kappa shape index (κ3) is 39.4. The molecule has 1 aliphatic rings. The van der Waals surface area contributed by atoms with E-state index in [0.29, 0.717) is 51.6 Å². The van der Waals surface area contributed by atoms with Crippen LogP contribution in [0.4, 0.5) is 0 Å². The summed E-state index contributed by atoms with van der Waals surface area (Å²) in [5.74, 6) is -4.20. The Labute approximate surface area is 432 Å². The van der Waals surface area contributed by atoms with Crippen LogP contribution in [0.3, 0.4) is 0 Å². The van der Waals surface area contributed by atoms with Gasteiger partial charge in [0.25, 0.3) is 0 Å². The van der Waals surface area contributed by atoms with E-state index < -0.39 is 30.0 Å². The zero-order valence-corrected chi connectivity index (χ0v) is 43.8. The number of carboxylic acid groups (broad SMARTS) is 3. The molecule has 2 atom stereocenters. The second kappa shape index (κ2) is 45.5. The molecule has 21 nitrogen and oxygen atoms in total. The van der Waals surface area contributed by atoms with Crippen LogP contribution in [0, 0.1) is 11.8 Å². The minimum Gasteiger partial charge on any atom is -0.481 e. The van der Waals surface area contributed by atoms with Crippen molar-refractivity contribution in [1.82, 2.24) is 31.3 Å². The molecule has 5 amide bonds. The van der Waals surface area contributed by atoms with Gasteiger partial charge in [0.05, 0.1) is 39.6 Å². The summed E-state index contributed by atoms with van der Waals surface area (Å²) in [5.41, 5.74) is 0. The van der Waals surface area contributed by atoms with Gasteiger partial charge in [-0.1, -0.05) is 96.3 Å². The normalized spacial score (nSPS) is 15.2. The number of amides is 5. The first kappa shape index (κ1) is 65.9. The lowest BCUT2D eigenvalue weighted by atomic mass is 9.81. The highest BCUT2D eigenvalue weighted by atomic mass is 32.1. The maximum absolute atomic E-state index is 13.0. The van der Waals surface area contributed by atoms with Crippen LogP contribution in [-0.2, 0) is 57.3 Å². The van der Waals surface area contributed by atoms with Gasteiger partial charge in [-0.2, -0.15) is 0 Å². The zero-order chi connectivity index (χ0) is 52.9. The predicted molar refractivity (Wildman–Crippen MR) is 273 cm³/mol. The molecule has 0 aromatic carbocycles. The molecular formula is C50H90N6O15S. The van der Waals surface area contributed by atoms with Gasteiger partial charge >= 0.3 is 17.9 Å². The van der Waals surface area contributed by atoms with Crippen molar-refractivity contribution in [2.45, 2.75) is 179 Å². The van der Waals surface area contributed by atoms with E-state index >= 15 is 0 Å². The fraction of sp³-hybridized carbons (Fsp3) is 0.840. The van der Waals surface area contributed by atoms with Gasteiger partial charge in [0.2, 0.25) is 29.5 Å². The lowest BCUT2D eigenvalue weighted by Gasteiger charge is -2.28. The summed E-state index contributed by atoms with van der Waals surface area (Å²) < 4.78 is 23.7. The largest absolute Gasteiger partial charge is 0.481 e. The molecule has 0 saturated heterocycles. The molecule has 0 aromatic rings. The van der Waals surface area contributed by atoms with Gasteiger partial charge < -0.3 is 60.9 Å². The van der Waals surface area contributed by atoms with Gasteiger partial charge in [-0.3, -0.25) is 38.3 Å². The van der Waals surface area contributed by atoms with Crippen molar-refractivity contribution in [2.75, 3.05) is 79.0 Å². The van der Waals surface area contributed by atoms with E-state index in [9.17, 15) is 43.5 Å². The summed E-state index contributed by atoms with van der Waals surface area (Å²) in [6.07, 6.45) is 22.3. The molecule has 0 spiro atoms. The number of unbranched alkanes of at least 4 members (excludes halogenated alkanes) is 15. The number of carboxylic acids is 3. The molecule has 1 rings (SSSR count). The standard InChI is InChI=1S/C50H90N6O15S/c57-43(19-14-12-10-8-6-4-2-1-3-5-7-9-11-13-15-20-47(61)62)54-36-39-21-23-40(24-22-39)48(63)55-41(49(64)65)25-26-44(58)52-28-30-68-32-35-71-38-46(60)53-29-31-69-33-34-70-37-45(59)51-27-17-16-18-42(56-72)50(66)67/h39-42,56,72H,1-38H2,(H,51,59)(H,52,58)(H,53,60)(H,54,57)(H,55,63)(H,61,62)(H,64,65)(H,66,67)/t39-,40-,41-,42-/m0/s1. The average Bonchev–Trinajstić information content (AvgIpc) is 3.35. The van der Waals surface area contributed by atoms with E-state index in [-0.39, 0.29) is 127 Å². The van der Waals surface area contributed by atoms with Crippen molar-refractivity contribution in [3.8, 4) is 0 Å². The maximum Gasteiger partial charge on any atom is 0.326 e.